The summed E-state index contributed by atoms with van der Waals surface area (Å²) in [5, 5.41) is 0. The molecule has 17 heavy (non-hydrogen) atoms. The fraction of sp³-hybridized carbons (Fsp3) is 0. The van der Waals surface area contributed by atoms with Crippen molar-refractivity contribution in [1.29, 1.82) is 0 Å². The molecule has 1 aromatic carbocycles. The highest BCUT2D eigenvalue weighted by Gasteiger charge is 2.01. The highest BCUT2D eigenvalue weighted by molar-refractivity contribution is 5.76. The fourth-order valence-corrected chi connectivity index (χ4v) is 1.61. The lowest BCUT2D eigenvalue weighted by Gasteiger charge is -2.04. The van der Waals surface area contributed by atoms with Crippen molar-refractivity contribution in [2.75, 3.05) is 5.48 Å². The van der Waals surface area contributed by atoms with E-state index in [-0.39, 0.29) is 0 Å². The van der Waals surface area contributed by atoms with E-state index in [1.54, 1.807) is 6.20 Å². The molecule has 0 aliphatic heterocycles. The number of fused-ring (bicyclic) bond motifs is 1. The Morgan fingerprint density at radius 2 is 1.94 bits per heavy atom. The molecule has 4 heteroatoms. The van der Waals surface area contributed by atoms with Gasteiger partial charge >= 0.3 is 0 Å². The van der Waals surface area contributed by atoms with E-state index in [4.69, 9.17) is 4.84 Å². The van der Waals surface area contributed by atoms with Gasteiger partial charge in [0.15, 0.2) is 0 Å². The third kappa shape index (κ3) is 2.06. The smallest absolute Gasteiger partial charge is 0.226 e. The van der Waals surface area contributed by atoms with Crippen molar-refractivity contribution in [2.24, 2.45) is 0 Å². The van der Waals surface area contributed by atoms with E-state index in [1.165, 1.54) is 0 Å². The molecule has 0 saturated carbocycles. The summed E-state index contributed by atoms with van der Waals surface area (Å²) in [6, 6.07) is 15.4. The second-order valence-corrected chi connectivity index (χ2v) is 3.64. The minimum absolute atomic E-state index is 0.641. The third-order valence-electron chi connectivity index (χ3n) is 2.42. The summed E-state index contributed by atoms with van der Waals surface area (Å²) in [7, 11) is 0. The molecule has 4 nitrogen and oxygen atoms in total. The quantitative estimate of drug-likeness (QED) is 0.674. The summed E-state index contributed by atoms with van der Waals surface area (Å²) >= 11 is 0. The number of anilines is 1. The first kappa shape index (κ1) is 9.72. The molecule has 2 N–H and O–H groups in total. The molecule has 3 rings (SSSR count). The predicted molar refractivity (Wildman–Crippen MR) is 66.8 cm³/mol. The van der Waals surface area contributed by atoms with E-state index in [2.05, 4.69) is 15.4 Å². The lowest BCUT2D eigenvalue weighted by atomic mass is 10.3. The molecule has 84 valence electrons. The molecular formula is C13H11N3O. The van der Waals surface area contributed by atoms with Crippen LogP contribution in [0.25, 0.3) is 11.0 Å². The van der Waals surface area contributed by atoms with Crippen LogP contribution in [-0.4, -0.2) is 9.97 Å². The summed E-state index contributed by atoms with van der Waals surface area (Å²) in [4.78, 5) is 12.8. The van der Waals surface area contributed by atoms with Crippen molar-refractivity contribution in [1.82, 2.24) is 9.97 Å². The Hall–Kier alpha value is -2.49. The standard InChI is InChI=1S/C13H11N3O/c1-2-5-10(6-3-1)16-17-13-9-12-11(15-13)7-4-8-14-12/h1-9,15-16H. The Bertz CT molecular complexity index is 586. The SMILES string of the molecule is c1ccc(NOc2cc3ncccc3[nH]2)cc1. The number of hydrogen-bond acceptors (Lipinski definition) is 3. The first-order valence-electron chi connectivity index (χ1n) is 5.33. The zero-order valence-corrected chi connectivity index (χ0v) is 9.05. The number of nitrogens with one attached hydrogen (secondary N) is 2. The lowest BCUT2D eigenvalue weighted by molar-refractivity contribution is 0.392. The van der Waals surface area contributed by atoms with Crippen molar-refractivity contribution in [2.45, 2.75) is 0 Å². The van der Waals surface area contributed by atoms with E-state index in [0.29, 0.717) is 5.88 Å². The molecule has 0 fully saturated rings. The van der Waals surface area contributed by atoms with Crippen LogP contribution in [0.15, 0.2) is 54.7 Å². The van der Waals surface area contributed by atoms with E-state index < -0.39 is 0 Å². The van der Waals surface area contributed by atoms with Gasteiger partial charge in [0, 0.05) is 12.3 Å². The van der Waals surface area contributed by atoms with Crippen LogP contribution in [0, 0.1) is 0 Å². The minimum Gasteiger partial charge on any atom is -0.364 e. The van der Waals surface area contributed by atoms with Crippen LogP contribution in [-0.2, 0) is 0 Å². The Labute approximate surface area is 98.2 Å². The number of pyridine rings is 1. The van der Waals surface area contributed by atoms with Crippen molar-refractivity contribution in [3.63, 3.8) is 0 Å². The van der Waals surface area contributed by atoms with Crippen LogP contribution < -0.4 is 10.3 Å². The van der Waals surface area contributed by atoms with Gasteiger partial charge in [0.25, 0.3) is 0 Å². The molecule has 0 spiro atoms. The Balaban J connectivity index is 1.77. The maximum atomic E-state index is 5.43. The van der Waals surface area contributed by atoms with Crippen LogP contribution in [0.5, 0.6) is 5.88 Å². The van der Waals surface area contributed by atoms with E-state index in [1.807, 2.05) is 48.5 Å². The molecule has 0 aliphatic rings. The Kier molecular flexibility index (Phi) is 2.38. The van der Waals surface area contributed by atoms with Gasteiger partial charge in [-0.3, -0.25) is 4.98 Å². The fourth-order valence-electron chi connectivity index (χ4n) is 1.61. The maximum absolute atomic E-state index is 5.43. The first-order valence-corrected chi connectivity index (χ1v) is 5.33. The van der Waals surface area contributed by atoms with Crippen molar-refractivity contribution in [3.8, 4) is 5.88 Å². The highest BCUT2D eigenvalue weighted by atomic mass is 16.7. The predicted octanol–water partition coefficient (Wildman–Crippen LogP) is 2.97. The van der Waals surface area contributed by atoms with Gasteiger partial charge in [0.05, 0.1) is 16.7 Å². The largest absolute Gasteiger partial charge is 0.364 e. The van der Waals surface area contributed by atoms with Crippen molar-refractivity contribution in [3.05, 3.63) is 54.7 Å². The molecule has 0 atom stereocenters. The topological polar surface area (TPSA) is 49.9 Å². The summed E-state index contributed by atoms with van der Waals surface area (Å²) < 4.78 is 0. The average Bonchev–Trinajstić information content (AvgIpc) is 2.80. The molecule has 0 aliphatic carbocycles. The van der Waals surface area contributed by atoms with Crippen LogP contribution in [0.3, 0.4) is 0 Å². The molecule has 0 bridgehead atoms. The van der Waals surface area contributed by atoms with E-state index in [9.17, 15) is 0 Å². The van der Waals surface area contributed by atoms with Crippen molar-refractivity contribution < 1.29 is 4.84 Å². The van der Waals surface area contributed by atoms with Gasteiger partial charge in [-0.15, -0.1) is 0 Å². The van der Waals surface area contributed by atoms with Crippen LogP contribution >= 0.6 is 0 Å². The molecular weight excluding hydrogens is 214 g/mol. The van der Waals surface area contributed by atoms with Gasteiger partial charge in [-0.2, -0.15) is 0 Å². The average molecular weight is 225 g/mol. The van der Waals surface area contributed by atoms with Crippen LogP contribution in [0.4, 0.5) is 5.69 Å². The maximum Gasteiger partial charge on any atom is 0.226 e. The number of benzene rings is 1. The molecule has 0 saturated heterocycles. The molecule has 0 amide bonds. The van der Waals surface area contributed by atoms with Gasteiger partial charge < -0.3 is 9.82 Å². The molecule has 2 aromatic heterocycles. The van der Waals surface area contributed by atoms with Gasteiger partial charge in [-0.05, 0) is 24.3 Å². The Morgan fingerprint density at radius 1 is 1.06 bits per heavy atom. The zero-order chi connectivity index (χ0) is 11.5. The summed E-state index contributed by atoms with van der Waals surface area (Å²) in [5.74, 6) is 0.641. The van der Waals surface area contributed by atoms with Gasteiger partial charge in [0.1, 0.15) is 0 Å². The van der Waals surface area contributed by atoms with Gasteiger partial charge in [-0.25, -0.2) is 5.48 Å². The highest BCUT2D eigenvalue weighted by Crippen LogP contribution is 2.18. The molecule has 0 unspecified atom stereocenters. The number of nitrogens with zero attached hydrogens (tertiary/aromatic N) is 1. The normalized spacial score (nSPS) is 10.4. The van der Waals surface area contributed by atoms with E-state index in [0.717, 1.165) is 16.7 Å². The zero-order valence-electron chi connectivity index (χ0n) is 9.05. The van der Waals surface area contributed by atoms with Gasteiger partial charge in [0.2, 0.25) is 5.88 Å². The molecule has 3 aromatic rings. The summed E-state index contributed by atoms with van der Waals surface area (Å²) in [6.07, 6.45) is 1.75. The van der Waals surface area contributed by atoms with Crippen molar-refractivity contribution >= 4 is 16.7 Å². The molecule has 2 heterocycles. The monoisotopic (exact) mass is 225 g/mol. The number of rotatable bonds is 3. The second-order valence-electron chi connectivity index (χ2n) is 3.64. The van der Waals surface area contributed by atoms with Gasteiger partial charge in [-0.1, -0.05) is 18.2 Å². The minimum atomic E-state index is 0.641. The summed E-state index contributed by atoms with van der Waals surface area (Å²) in [6.45, 7) is 0. The number of aromatic nitrogens is 2. The second kappa shape index (κ2) is 4.17. The number of hydrogen-bond donors (Lipinski definition) is 2. The third-order valence-corrected chi connectivity index (χ3v) is 2.42. The van der Waals surface area contributed by atoms with Crippen LogP contribution in [0.2, 0.25) is 0 Å². The van der Waals surface area contributed by atoms with E-state index >= 15 is 0 Å². The van der Waals surface area contributed by atoms with Crippen LogP contribution in [0.1, 0.15) is 0 Å². The molecule has 0 radical (unpaired) electrons. The first-order chi connectivity index (χ1) is 8.42. The number of H-pyrrole nitrogens is 1. The number of aromatic amines is 1. The number of para-hydroxylation sites is 1. The lowest BCUT2D eigenvalue weighted by Crippen LogP contribution is -2.04. The summed E-state index contributed by atoms with van der Waals surface area (Å²) in [5.41, 5.74) is 5.61. The Morgan fingerprint density at radius 3 is 2.76 bits per heavy atom.